The summed E-state index contributed by atoms with van der Waals surface area (Å²) in [7, 11) is 0. The van der Waals surface area contributed by atoms with Crippen LogP contribution in [0.25, 0.3) is 0 Å². The third-order valence-corrected chi connectivity index (χ3v) is 2.57. The molecule has 0 aliphatic heterocycles. The van der Waals surface area contributed by atoms with E-state index in [1.165, 1.54) is 0 Å². The maximum absolute atomic E-state index is 5.86. The van der Waals surface area contributed by atoms with Crippen molar-refractivity contribution in [3.8, 4) is 5.75 Å². The molecule has 1 rings (SSSR count). The predicted molar refractivity (Wildman–Crippen MR) is 71.7 cm³/mol. The molecular weight excluding hydrogens is 236 g/mol. The summed E-state index contributed by atoms with van der Waals surface area (Å²) in [5.74, 6) is 1.39. The van der Waals surface area contributed by atoms with Crippen LogP contribution >= 0.6 is 11.6 Å². The number of hydrogen-bond donors (Lipinski definition) is 1. The third-order valence-electron chi connectivity index (χ3n) is 2.36. The number of aromatic nitrogens is 1. The number of halogens is 1. The van der Waals surface area contributed by atoms with E-state index in [0.717, 1.165) is 25.3 Å². The molecular formula is C13H21ClN2O. The van der Waals surface area contributed by atoms with Gasteiger partial charge in [0, 0.05) is 18.8 Å². The minimum Gasteiger partial charge on any atom is -0.487 e. The lowest BCUT2D eigenvalue weighted by Crippen LogP contribution is -2.33. The summed E-state index contributed by atoms with van der Waals surface area (Å²) < 4.78 is 5.82. The topological polar surface area (TPSA) is 34.1 Å². The van der Waals surface area contributed by atoms with Gasteiger partial charge in [0.1, 0.15) is 11.9 Å². The molecule has 1 aromatic heterocycles. The van der Waals surface area contributed by atoms with Gasteiger partial charge in [-0.05, 0) is 18.9 Å². The van der Waals surface area contributed by atoms with E-state index >= 15 is 0 Å². The molecule has 0 aliphatic carbocycles. The van der Waals surface area contributed by atoms with Gasteiger partial charge in [-0.25, -0.2) is 0 Å². The number of nitrogens with zero attached hydrogens (tertiary/aromatic N) is 1. The Morgan fingerprint density at radius 3 is 2.71 bits per heavy atom. The zero-order valence-electron chi connectivity index (χ0n) is 10.7. The van der Waals surface area contributed by atoms with Gasteiger partial charge in [-0.15, -0.1) is 0 Å². The standard InChI is InChI=1S/C13H21ClN2O/c1-4-12(8-15-6-10(2)3)17-13-5-11(14)7-16-9-13/h5,7,9-10,12,15H,4,6,8H2,1-3H3. The average Bonchev–Trinajstić information content (AvgIpc) is 2.27. The monoisotopic (exact) mass is 256 g/mol. The van der Waals surface area contributed by atoms with E-state index in [4.69, 9.17) is 16.3 Å². The highest BCUT2D eigenvalue weighted by atomic mass is 35.5. The summed E-state index contributed by atoms with van der Waals surface area (Å²) in [6.45, 7) is 8.35. The van der Waals surface area contributed by atoms with Gasteiger partial charge < -0.3 is 10.1 Å². The van der Waals surface area contributed by atoms with Gasteiger partial charge in [0.05, 0.1) is 11.2 Å². The molecule has 0 saturated carbocycles. The van der Waals surface area contributed by atoms with Gasteiger partial charge in [0.15, 0.2) is 0 Å². The molecule has 17 heavy (non-hydrogen) atoms. The van der Waals surface area contributed by atoms with Gasteiger partial charge >= 0.3 is 0 Å². The van der Waals surface area contributed by atoms with Crippen LogP contribution in [0.4, 0.5) is 0 Å². The fraction of sp³-hybridized carbons (Fsp3) is 0.615. The van der Waals surface area contributed by atoms with Crippen molar-refractivity contribution in [2.45, 2.75) is 33.3 Å². The van der Waals surface area contributed by atoms with E-state index in [1.807, 2.05) is 0 Å². The van der Waals surface area contributed by atoms with Gasteiger partial charge in [-0.3, -0.25) is 4.98 Å². The van der Waals surface area contributed by atoms with Crippen LogP contribution in [0, 0.1) is 5.92 Å². The number of nitrogens with one attached hydrogen (secondary N) is 1. The zero-order chi connectivity index (χ0) is 12.7. The lowest BCUT2D eigenvalue weighted by Gasteiger charge is -2.18. The Balaban J connectivity index is 2.41. The van der Waals surface area contributed by atoms with Crippen molar-refractivity contribution in [2.75, 3.05) is 13.1 Å². The van der Waals surface area contributed by atoms with Gasteiger partial charge in [-0.2, -0.15) is 0 Å². The molecule has 1 unspecified atom stereocenters. The smallest absolute Gasteiger partial charge is 0.139 e. The molecule has 1 aromatic rings. The Hall–Kier alpha value is -0.800. The second-order valence-corrected chi connectivity index (χ2v) is 4.98. The van der Waals surface area contributed by atoms with Crippen molar-refractivity contribution >= 4 is 11.6 Å². The summed E-state index contributed by atoms with van der Waals surface area (Å²) in [4.78, 5) is 4.00. The normalized spacial score (nSPS) is 12.8. The maximum atomic E-state index is 5.86. The van der Waals surface area contributed by atoms with E-state index in [-0.39, 0.29) is 6.10 Å². The highest BCUT2D eigenvalue weighted by Crippen LogP contribution is 2.17. The van der Waals surface area contributed by atoms with Crippen LogP contribution in [0.5, 0.6) is 5.75 Å². The largest absolute Gasteiger partial charge is 0.487 e. The van der Waals surface area contributed by atoms with Crippen molar-refractivity contribution in [1.82, 2.24) is 10.3 Å². The van der Waals surface area contributed by atoms with Crippen LogP contribution in [-0.2, 0) is 0 Å². The molecule has 0 spiro atoms. The first-order valence-corrected chi connectivity index (χ1v) is 6.47. The molecule has 0 aliphatic rings. The van der Waals surface area contributed by atoms with Crippen LogP contribution in [0.1, 0.15) is 27.2 Å². The quantitative estimate of drug-likeness (QED) is 0.814. The molecule has 0 amide bonds. The lowest BCUT2D eigenvalue weighted by molar-refractivity contribution is 0.191. The zero-order valence-corrected chi connectivity index (χ0v) is 11.5. The van der Waals surface area contributed by atoms with Crippen LogP contribution in [-0.4, -0.2) is 24.2 Å². The second-order valence-electron chi connectivity index (χ2n) is 4.54. The van der Waals surface area contributed by atoms with E-state index < -0.39 is 0 Å². The van der Waals surface area contributed by atoms with E-state index in [2.05, 4.69) is 31.1 Å². The Labute approximate surface area is 109 Å². The highest BCUT2D eigenvalue weighted by Gasteiger charge is 2.08. The van der Waals surface area contributed by atoms with E-state index in [9.17, 15) is 0 Å². The minimum atomic E-state index is 0.161. The highest BCUT2D eigenvalue weighted by molar-refractivity contribution is 6.30. The first-order valence-electron chi connectivity index (χ1n) is 6.09. The molecule has 0 fully saturated rings. The predicted octanol–water partition coefficient (Wildman–Crippen LogP) is 3.14. The van der Waals surface area contributed by atoms with Crippen molar-refractivity contribution in [1.29, 1.82) is 0 Å². The Morgan fingerprint density at radius 1 is 1.35 bits per heavy atom. The Bertz CT molecular complexity index is 331. The molecule has 0 aromatic carbocycles. The molecule has 1 N–H and O–H groups in total. The van der Waals surface area contributed by atoms with Crippen LogP contribution < -0.4 is 10.1 Å². The summed E-state index contributed by atoms with van der Waals surface area (Å²) in [5, 5.41) is 4.00. The van der Waals surface area contributed by atoms with Gasteiger partial charge in [0.25, 0.3) is 0 Å². The molecule has 1 heterocycles. The molecule has 3 nitrogen and oxygen atoms in total. The van der Waals surface area contributed by atoms with E-state index in [1.54, 1.807) is 18.5 Å². The number of pyridine rings is 1. The summed E-state index contributed by atoms with van der Waals surface area (Å²) in [6.07, 6.45) is 4.41. The molecule has 4 heteroatoms. The summed E-state index contributed by atoms with van der Waals surface area (Å²) in [6, 6.07) is 1.79. The van der Waals surface area contributed by atoms with Crippen molar-refractivity contribution in [3.63, 3.8) is 0 Å². The van der Waals surface area contributed by atoms with Gasteiger partial charge in [-0.1, -0.05) is 32.4 Å². The summed E-state index contributed by atoms with van der Waals surface area (Å²) in [5.41, 5.74) is 0. The molecule has 96 valence electrons. The number of ether oxygens (including phenoxy) is 1. The molecule has 1 atom stereocenters. The van der Waals surface area contributed by atoms with Crippen LogP contribution in [0.2, 0.25) is 5.02 Å². The van der Waals surface area contributed by atoms with Gasteiger partial charge in [0.2, 0.25) is 0 Å². The van der Waals surface area contributed by atoms with Crippen LogP contribution in [0.3, 0.4) is 0 Å². The molecule has 0 radical (unpaired) electrons. The Kier molecular flexibility index (Phi) is 6.30. The number of rotatable bonds is 7. The first kappa shape index (κ1) is 14.3. The SMILES string of the molecule is CCC(CNCC(C)C)Oc1cncc(Cl)c1. The minimum absolute atomic E-state index is 0.161. The number of hydrogen-bond acceptors (Lipinski definition) is 3. The average molecular weight is 257 g/mol. The fourth-order valence-corrected chi connectivity index (χ4v) is 1.62. The van der Waals surface area contributed by atoms with Crippen molar-refractivity contribution in [2.24, 2.45) is 5.92 Å². The fourth-order valence-electron chi connectivity index (χ4n) is 1.45. The van der Waals surface area contributed by atoms with E-state index in [0.29, 0.717) is 10.9 Å². The molecule has 0 bridgehead atoms. The summed E-state index contributed by atoms with van der Waals surface area (Å²) >= 11 is 5.86. The van der Waals surface area contributed by atoms with Crippen LogP contribution in [0.15, 0.2) is 18.5 Å². The maximum Gasteiger partial charge on any atom is 0.139 e. The van der Waals surface area contributed by atoms with Crippen molar-refractivity contribution < 1.29 is 4.74 Å². The lowest BCUT2D eigenvalue weighted by atomic mass is 10.2. The Morgan fingerprint density at radius 2 is 2.12 bits per heavy atom. The first-order chi connectivity index (χ1) is 8.11. The van der Waals surface area contributed by atoms with Crippen molar-refractivity contribution in [3.05, 3.63) is 23.5 Å². The third kappa shape index (κ3) is 5.89. The second kappa shape index (κ2) is 7.51. The molecule has 0 saturated heterocycles.